The molecule has 9 aromatic rings. The number of fused-ring (bicyclic) bond motifs is 5. The molecule has 0 aliphatic rings. The number of nitrogens with zero attached hydrogens (tertiary/aromatic N) is 3. The van der Waals surface area contributed by atoms with E-state index in [0.717, 1.165) is 27.8 Å². The van der Waals surface area contributed by atoms with Gasteiger partial charge in [-0.2, -0.15) is 0 Å². The molecule has 0 bridgehead atoms. The Balaban J connectivity index is 1.17. The standard InChI is InChI=1S/C43H27N3S/c1-3-12-29(13-4-1)41-44-42(30-14-5-2-6-15-30)46-43(45-41)34-20-10-18-32(27-34)31-17-9-19-33(26-31)35-22-11-16-28-24-25-38-40(39(28)35)36-21-7-8-23-37(36)47-38/h1-27H. The molecule has 4 heteroatoms. The summed E-state index contributed by atoms with van der Waals surface area (Å²) in [6, 6.07) is 57.5. The van der Waals surface area contributed by atoms with Gasteiger partial charge in [0.05, 0.1) is 0 Å². The molecule has 0 aliphatic carbocycles. The number of rotatable bonds is 5. The summed E-state index contributed by atoms with van der Waals surface area (Å²) in [7, 11) is 0. The maximum Gasteiger partial charge on any atom is 0.164 e. The van der Waals surface area contributed by atoms with Crippen molar-refractivity contribution < 1.29 is 0 Å². The van der Waals surface area contributed by atoms with Crippen LogP contribution < -0.4 is 0 Å². The van der Waals surface area contributed by atoms with Gasteiger partial charge < -0.3 is 0 Å². The summed E-state index contributed by atoms with van der Waals surface area (Å²) in [6.07, 6.45) is 0. The molecule has 2 aromatic heterocycles. The molecule has 2 heterocycles. The fourth-order valence-corrected chi connectivity index (χ4v) is 7.59. The van der Waals surface area contributed by atoms with E-state index in [-0.39, 0.29) is 0 Å². The SMILES string of the molecule is c1ccc(-c2nc(-c3ccccc3)nc(-c3cccc(-c4cccc(-c5cccc6ccc7sc8ccccc8c7c56)c4)c3)n2)cc1. The van der Waals surface area contributed by atoms with Crippen LogP contribution in [0.4, 0.5) is 0 Å². The second kappa shape index (κ2) is 11.4. The molecule has 0 radical (unpaired) electrons. The van der Waals surface area contributed by atoms with E-state index in [9.17, 15) is 0 Å². The van der Waals surface area contributed by atoms with Crippen molar-refractivity contribution in [2.24, 2.45) is 0 Å². The van der Waals surface area contributed by atoms with Gasteiger partial charge in [0.2, 0.25) is 0 Å². The Bertz CT molecular complexity index is 2510. The highest BCUT2D eigenvalue weighted by atomic mass is 32.1. The highest BCUT2D eigenvalue weighted by molar-refractivity contribution is 7.26. The Morgan fingerprint density at radius 1 is 0.340 bits per heavy atom. The van der Waals surface area contributed by atoms with Gasteiger partial charge in [-0.15, -0.1) is 11.3 Å². The van der Waals surface area contributed by atoms with Crippen LogP contribution in [-0.4, -0.2) is 15.0 Å². The Morgan fingerprint density at radius 2 is 0.872 bits per heavy atom. The lowest BCUT2D eigenvalue weighted by atomic mass is 9.92. The molecule has 220 valence electrons. The van der Waals surface area contributed by atoms with Gasteiger partial charge >= 0.3 is 0 Å². The van der Waals surface area contributed by atoms with E-state index in [1.165, 1.54) is 42.1 Å². The van der Waals surface area contributed by atoms with E-state index < -0.39 is 0 Å². The zero-order valence-corrected chi connectivity index (χ0v) is 26.2. The number of hydrogen-bond donors (Lipinski definition) is 0. The van der Waals surface area contributed by atoms with Gasteiger partial charge in [-0.3, -0.25) is 0 Å². The van der Waals surface area contributed by atoms with Crippen LogP contribution in [0.15, 0.2) is 164 Å². The summed E-state index contributed by atoms with van der Waals surface area (Å²) in [4.78, 5) is 14.8. The highest BCUT2D eigenvalue weighted by Gasteiger charge is 2.15. The minimum Gasteiger partial charge on any atom is -0.208 e. The van der Waals surface area contributed by atoms with Gasteiger partial charge in [-0.1, -0.05) is 140 Å². The van der Waals surface area contributed by atoms with Crippen molar-refractivity contribution in [2.45, 2.75) is 0 Å². The zero-order valence-electron chi connectivity index (χ0n) is 25.3. The summed E-state index contributed by atoms with van der Waals surface area (Å²) in [5, 5.41) is 5.21. The summed E-state index contributed by atoms with van der Waals surface area (Å²) < 4.78 is 2.64. The molecule has 0 aliphatic heterocycles. The molecule has 0 saturated heterocycles. The Hall–Kier alpha value is -5.97. The smallest absolute Gasteiger partial charge is 0.164 e. The Labute approximate surface area is 276 Å². The summed E-state index contributed by atoms with van der Waals surface area (Å²) in [6.45, 7) is 0. The first-order valence-corrected chi connectivity index (χ1v) is 16.5. The predicted octanol–water partition coefficient (Wildman–Crippen LogP) is 11.7. The zero-order chi connectivity index (χ0) is 31.2. The van der Waals surface area contributed by atoms with Crippen molar-refractivity contribution in [3.63, 3.8) is 0 Å². The quantitative estimate of drug-likeness (QED) is 0.193. The minimum absolute atomic E-state index is 0.650. The molecule has 3 nitrogen and oxygen atoms in total. The normalized spacial score (nSPS) is 11.4. The number of hydrogen-bond acceptors (Lipinski definition) is 4. The molecular formula is C43H27N3S. The first kappa shape index (κ1) is 27.3. The molecule has 0 saturated carbocycles. The van der Waals surface area contributed by atoms with Crippen LogP contribution in [0.5, 0.6) is 0 Å². The topological polar surface area (TPSA) is 38.7 Å². The number of thiophene rings is 1. The van der Waals surface area contributed by atoms with Gasteiger partial charge in [0.1, 0.15) is 0 Å². The lowest BCUT2D eigenvalue weighted by molar-refractivity contribution is 1.07. The second-order valence-corrected chi connectivity index (χ2v) is 12.7. The van der Waals surface area contributed by atoms with Crippen LogP contribution in [0, 0.1) is 0 Å². The van der Waals surface area contributed by atoms with Crippen LogP contribution in [0.3, 0.4) is 0 Å². The van der Waals surface area contributed by atoms with E-state index in [2.05, 4.69) is 103 Å². The van der Waals surface area contributed by atoms with E-state index >= 15 is 0 Å². The molecule has 0 spiro atoms. The molecule has 0 atom stereocenters. The van der Waals surface area contributed by atoms with Crippen molar-refractivity contribution in [3.8, 4) is 56.4 Å². The third kappa shape index (κ3) is 4.96. The molecule has 0 unspecified atom stereocenters. The highest BCUT2D eigenvalue weighted by Crippen LogP contribution is 2.42. The third-order valence-electron chi connectivity index (χ3n) is 8.71. The minimum atomic E-state index is 0.650. The van der Waals surface area contributed by atoms with Crippen molar-refractivity contribution in [1.29, 1.82) is 0 Å². The molecule has 7 aromatic carbocycles. The third-order valence-corrected chi connectivity index (χ3v) is 9.85. The summed E-state index contributed by atoms with van der Waals surface area (Å²) >= 11 is 1.86. The summed E-state index contributed by atoms with van der Waals surface area (Å²) in [5.41, 5.74) is 7.55. The van der Waals surface area contributed by atoms with Gasteiger partial charge in [0.15, 0.2) is 17.5 Å². The van der Waals surface area contributed by atoms with E-state index in [0.29, 0.717) is 17.5 Å². The van der Waals surface area contributed by atoms with Crippen molar-refractivity contribution in [2.75, 3.05) is 0 Å². The van der Waals surface area contributed by atoms with Gasteiger partial charge in [-0.25, -0.2) is 15.0 Å². The molecule has 47 heavy (non-hydrogen) atoms. The largest absolute Gasteiger partial charge is 0.208 e. The van der Waals surface area contributed by atoms with Crippen LogP contribution in [-0.2, 0) is 0 Å². The number of benzene rings is 7. The van der Waals surface area contributed by atoms with Gasteiger partial charge in [-0.05, 0) is 57.3 Å². The van der Waals surface area contributed by atoms with Crippen molar-refractivity contribution >= 4 is 42.3 Å². The van der Waals surface area contributed by atoms with Crippen LogP contribution in [0.2, 0.25) is 0 Å². The average molecular weight is 618 g/mol. The van der Waals surface area contributed by atoms with Crippen LogP contribution in [0.1, 0.15) is 0 Å². The Morgan fingerprint density at radius 3 is 1.57 bits per heavy atom. The van der Waals surface area contributed by atoms with Gasteiger partial charge in [0, 0.05) is 36.9 Å². The Kier molecular flexibility index (Phi) is 6.65. The predicted molar refractivity (Wildman–Crippen MR) is 197 cm³/mol. The van der Waals surface area contributed by atoms with E-state index in [1.807, 2.05) is 72.0 Å². The maximum absolute atomic E-state index is 4.96. The lowest BCUT2D eigenvalue weighted by Crippen LogP contribution is -2.00. The van der Waals surface area contributed by atoms with Crippen molar-refractivity contribution in [3.05, 3.63) is 164 Å². The van der Waals surface area contributed by atoms with E-state index in [1.54, 1.807) is 0 Å². The fraction of sp³-hybridized carbons (Fsp3) is 0. The maximum atomic E-state index is 4.96. The molecule has 0 fully saturated rings. The average Bonchev–Trinajstić information content (AvgIpc) is 3.54. The van der Waals surface area contributed by atoms with Crippen molar-refractivity contribution in [1.82, 2.24) is 15.0 Å². The second-order valence-electron chi connectivity index (χ2n) is 11.6. The molecule has 0 N–H and O–H groups in total. The first-order valence-electron chi connectivity index (χ1n) is 15.7. The van der Waals surface area contributed by atoms with Gasteiger partial charge in [0.25, 0.3) is 0 Å². The molecule has 9 rings (SSSR count). The fourth-order valence-electron chi connectivity index (χ4n) is 6.48. The molecular weight excluding hydrogens is 591 g/mol. The van der Waals surface area contributed by atoms with Crippen LogP contribution >= 0.6 is 11.3 Å². The molecule has 0 amide bonds. The monoisotopic (exact) mass is 617 g/mol. The lowest BCUT2D eigenvalue weighted by Gasteiger charge is -2.12. The number of aromatic nitrogens is 3. The van der Waals surface area contributed by atoms with Crippen LogP contribution in [0.25, 0.3) is 87.4 Å². The summed E-state index contributed by atoms with van der Waals surface area (Å²) in [5.74, 6) is 1.96. The van der Waals surface area contributed by atoms with E-state index in [4.69, 9.17) is 15.0 Å². The first-order chi connectivity index (χ1) is 23.3.